The summed E-state index contributed by atoms with van der Waals surface area (Å²) in [5.41, 5.74) is 6.89. The van der Waals surface area contributed by atoms with Crippen molar-refractivity contribution < 1.29 is 8.42 Å². The molecule has 0 amide bonds. The first-order chi connectivity index (χ1) is 8.15. The topological polar surface area (TPSA) is 98.2 Å². The largest absolute Gasteiger partial charge is 0.397 e. The molecule has 1 rings (SSSR count). The summed E-state index contributed by atoms with van der Waals surface area (Å²) < 4.78 is 22.4. The number of hydrogen-bond donors (Lipinski definition) is 3. The van der Waals surface area contributed by atoms with Gasteiger partial charge in [-0.1, -0.05) is 0 Å². The number of sulfonamides is 1. The number of benzene rings is 1. The van der Waals surface area contributed by atoms with Gasteiger partial charge in [0.05, 0.1) is 16.3 Å². The van der Waals surface area contributed by atoms with Gasteiger partial charge in [-0.3, -0.25) is 0 Å². The molecule has 0 aromatic heterocycles. The molecular formula is C11H19N3O2S2. The lowest BCUT2D eigenvalue weighted by Gasteiger charge is -2.23. The zero-order chi connectivity index (χ0) is 14.0. The van der Waals surface area contributed by atoms with Crippen molar-refractivity contribution in [1.82, 2.24) is 0 Å². The third-order valence-electron chi connectivity index (χ3n) is 2.61. The lowest BCUT2D eigenvalue weighted by Crippen LogP contribution is -2.26. The summed E-state index contributed by atoms with van der Waals surface area (Å²) in [6, 6.07) is 4.44. The van der Waals surface area contributed by atoms with Crippen LogP contribution in [0, 0.1) is 0 Å². The Kier molecular flexibility index (Phi) is 4.52. The van der Waals surface area contributed by atoms with Crippen LogP contribution in [-0.4, -0.2) is 26.0 Å². The normalized spacial score (nSPS) is 12.4. The SMILES string of the molecule is CSC(C)(C)CNc1ccc(S(N)(=O)=O)cc1N. The minimum absolute atomic E-state index is 0.0228. The molecule has 0 unspecified atom stereocenters. The fourth-order valence-electron chi connectivity index (χ4n) is 1.26. The van der Waals surface area contributed by atoms with Gasteiger partial charge in [-0.25, -0.2) is 13.6 Å². The fraction of sp³-hybridized carbons (Fsp3) is 0.455. The number of rotatable bonds is 5. The van der Waals surface area contributed by atoms with Gasteiger partial charge < -0.3 is 11.1 Å². The predicted octanol–water partition coefficient (Wildman–Crippen LogP) is 1.47. The van der Waals surface area contributed by atoms with Crippen LogP contribution in [0.4, 0.5) is 11.4 Å². The van der Waals surface area contributed by atoms with Crippen LogP contribution >= 0.6 is 11.8 Å². The average Bonchev–Trinajstić information content (AvgIpc) is 2.26. The van der Waals surface area contributed by atoms with E-state index in [0.29, 0.717) is 11.4 Å². The van der Waals surface area contributed by atoms with E-state index in [2.05, 4.69) is 19.2 Å². The highest BCUT2D eigenvalue weighted by Gasteiger charge is 2.16. The van der Waals surface area contributed by atoms with Crippen LogP contribution in [0.3, 0.4) is 0 Å². The van der Waals surface area contributed by atoms with E-state index in [1.165, 1.54) is 12.1 Å². The summed E-state index contributed by atoms with van der Waals surface area (Å²) in [6.45, 7) is 4.95. The number of primary sulfonamides is 1. The first-order valence-corrected chi connectivity index (χ1v) is 8.14. The molecule has 0 atom stereocenters. The number of thioether (sulfide) groups is 1. The standard InChI is InChI=1S/C11H19N3O2S2/c1-11(2,17-3)7-14-10-5-4-8(6-9(10)12)18(13,15)16/h4-6,14H,7,12H2,1-3H3,(H2,13,15,16). The van der Waals surface area contributed by atoms with Gasteiger partial charge >= 0.3 is 0 Å². The minimum atomic E-state index is -3.70. The molecular weight excluding hydrogens is 270 g/mol. The first kappa shape index (κ1) is 15.1. The monoisotopic (exact) mass is 289 g/mol. The molecule has 5 nitrogen and oxygen atoms in total. The van der Waals surface area contributed by atoms with Crippen molar-refractivity contribution in [2.24, 2.45) is 5.14 Å². The molecule has 1 aromatic carbocycles. The van der Waals surface area contributed by atoms with E-state index in [4.69, 9.17) is 10.9 Å². The van der Waals surface area contributed by atoms with Gasteiger partial charge in [-0.2, -0.15) is 11.8 Å². The van der Waals surface area contributed by atoms with Crippen molar-refractivity contribution >= 4 is 33.2 Å². The van der Waals surface area contributed by atoms with Crippen LogP contribution in [0.1, 0.15) is 13.8 Å². The van der Waals surface area contributed by atoms with Crippen molar-refractivity contribution in [1.29, 1.82) is 0 Å². The summed E-state index contributed by atoms with van der Waals surface area (Å²) >= 11 is 1.74. The molecule has 0 heterocycles. The zero-order valence-electron chi connectivity index (χ0n) is 10.7. The van der Waals surface area contributed by atoms with Gasteiger partial charge in [0.25, 0.3) is 0 Å². The molecule has 0 aliphatic carbocycles. The van der Waals surface area contributed by atoms with Crippen molar-refractivity contribution in [3.05, 3.63) is 18.2 Å². The molecule has 0 spiro atoms. The number of nitrogens with one attached hydrogen (secondary N) is 1. The lowest BCUT2D eigenvalue weighted by molar-refractivity contribution is 0.598. The number of hydrogen-bond acceptors (Lipinski definition) is 5. The van der Waals surface area contributed by atoms with Gasteiger partial charge in [0, 0.05) is 11.3 Å². The third kappa shape index (κ3) is 4.08. The highest BCUT2D eigenvalue weighted by Crippen LogP contribution is 2.25. The lowest BCUT2D eigenvalue weighted by atomic mass is 10.2. The predicted molar refractivity (Wildman–Crippen MR) is 78.3 cm³/mol. The second kappa shape index (κ2) is 5.38. The van der Waals surface area contributed by atoms with Crippen LogP contribution in [0.2, 0.25) is 0 Å². The number of anilines is 2. The Morgan fingerprint density at radius 2 is 2.00 bits per heavy atom. The van der Waals surface area contributed by atoms with E-state index >= 15 is 0 Å². The summed E-state index contributed by atoms with van der Waals surface area (Å²) in [5, 5.41) is 8.23. The Morgan fingerprint density at radius 3 is 2.44 bits per heavy atom. The van der Waals surface area contributed by atoms with Gasteiger partial charge in [-0.15, -0.1) is 0 Å². The summed E-state index contributed by atoms with van der Waals surface area (Å²) in [6.07, 6.45) is 2.04. The number of nitrogens with two attached hydrogens (primary N) is 2. The minimum Gasteiger partial charge on any atom is -0.397 e. The Labute approximate surface area is 112 Å². The molecule has 0 saturated carbocycles. The quantitative estimate of drug-likeness (QED) is 0.713. The highest BCUT2D eigenvalue weighted by atomic mass is 32.2. The van der Waals surface area contributed by atoms with Crippen molar-refractivity contribution in [3.63, 3.8) is 0 Å². The number of nitrogen functional groups attached to an aromatic ring is 1. The van der Waals surface area contributed by atoms with E-state index in [9.17, 15) is 8.42 Å². The van der Waals surface area contributed by atoms with E-state index in [1.54, 1.807) is 17.8 Å². The molecule has 0 radical (unpaired) electrons. The smallest absolute Gasteiger partial charge is 0.238 e. The molecule has 0 fully saturated rings. The van der Waals surface area contributed by atoms with E-state index in [-0.39, 0.29) is 9.64 Å². The molecule has 18 heavy (non-hydrogen) atoms. The maximum atomic E-state index is 11.2. The van der Waals surface area contributed by atoms with Crippen molar-refractivity contribution in [2.75, 3.05) is 23.9 Å². The molecule has 7 heteroatoms. The summed E-state index contributed by atoms with van der Waals surface area (Å²) in [5.74, 6) is 0. The third-order valence-corrected chi connectivity index (χ3v) is 4.77. The van der Waals surface area contributed by atoms with Crippen LogP contribution in [-0.2, 0) is 10.0 Å². The van der Waals surface area contributed by atoms with E-state index in [0.717, 1.165) is 6.54 Å². The molecule has 5 N–H and O–H groups in total. The zero-order valence-corrected chi connectivity index (χ0v) is 12.4. The van der Waals surface area contributed by atoms with Crippen LogP contribution in [0.5, 0.6) is 0 Å². The fourth-order valence-corrected chi connectivity index (χ4v) is 2.02. The van der Waals surface area contributed by atoms with Crippen molar-refractivity contribution in [3.8, 4) is 0 Å². The van der Waals surface area contributed by atoms with Gasteiger partial charge in [-0.05, 0) is 38.3 Å². The van der Waals surface area contributed by atoms with Crippen LogP contribution in [0.25, 0.3) is 0 Å². The van der Waals surface area contributed by atoms with E-state index < -0.39 is 10.0 Å². The average molecular weight is 289 g/mol. The Morgan fingerprint density at radius 1 is 1.39 bits per heavy atom. The molecule has 0 aliphatic heterocycles. The maximum absolute atomic E-state index is 11.2. The molecule has 1 aromatic rings. The van der Waals surface area contributed by atoms with E-state index in [1.807, 2.05) is 6.26 Å². The first-order valence-electron chi connectivity index (χ1n) is 5.37. The summed E-state index contributed by atoms with van der Waals surface area (Å²) in [4.78, 5) is 0.0228. The van der Waals surface area contributed by atoms with Crippen LogP contribution in [0.15, 0.2) is 23.1 Å². The maximum Gasteiger partial charge on any atom is 0.238 e. The summed E-state index contributed by atoms with van der Waals surface area (Å²) in [7, 11) is -3.70. The second-order valence-corrected chi connectivity index (χ2v) is 7.69. The van der Waals surface area contributed by atoms with Gasteiger partial charge in [0.15, 0.2) is 0 Å². The second-order valence-electron chi connectivity index (χ2n) is 4.61. The van der Waals surface area contributed by atoms with Crippen molar-refractivity contribution in [2.45, 2.75) is 23.5 Å². The molecule has 102 valence electrons. The van der Waals surface area contributed by atoms with Gasteiger partial charge in [0.2, 0.25) is 10.0 Å². The Bertz CT molecular complexity index is 527. The van der Waals surface area contributed by atoms with Gasteiger partial charge in [0.1, 0.15) is 0 Å². The highest BCUT2D eigenvalue weighted by molar-refractivity contribution is 7.99. The molecule has 0 aliphatic rings. The van der Waals surface area contributed by atoms with Crippen LogP contribution < -0.4 is 16.2 Å². The molecule has 0 bridgehead atoms. The Hall–Kier alpha value is -0.920. The molecule has 0 saturated heterocycles. The Balaban J connectivity index is 2.88.